The van der Waals surface area contributed by atoms with E-state index < -0.39 is 0 Å². The first kappa shape index (κ1) is 12.3. The molecule has 2 N–H and O–H groups in total. The SMILES string of the molecule is CCCN(C)c1ccc([C@@H](C)N)cc1Cl. The third kappa shape index (κ3) is 3.11. The van der Waals surface area contributed by atoms with Crippen LogP contribution in [0.15, 0.2) is 18.2 Å². The van der Waals surface area contributed by atoms with Gasteiger partial charge in [-0.25, -0.2) is 0 Å². The number of nitrogens with two attached hydrogens (primary N) is 1. The lowest BCUT2D eigenvalue weighted by Crippen LogP contribution is -2.18. The Labute approximate surface area is 97.0 Å². The van der Waals surface area contributed by atoms with Crippen molar-refractivity contribution in [2.24, 2.45) is 5.73 Å². The van der Waals surface area contributed by atoms with E-state index in [0.29, 0.717) is 0 Å². The molecule has 2 nitrogen and oxygen atoms in total. The first-order valence-electron chi connectivity index (χ1n) is 5.32. The fourth-order valence-corrected chi connectivity index (χ4v) is 1.91. The number of anilines is 1. The van der Waals surface area contributed by atoms with Crippen molar-refractivity contribution >= 4 is 17.3 Å². The van der Waals surface area contributed by atoms with E-state index in [1.807, 2.05) is 25.1 Å². The van der Waals surface area contributed by atoms with Gasteiger partial charge in [-0.2, -0.15) is 0 Å². The molecule has 1 atom stereocenters. The quantitative estimate of drug-likeness (QED) is 0.855. The summed E-state index contributed by atoms with van der Waals surface area (Å²) in [6, 6.07) is 6.07. The molecule has 15 heavy (non-hydrogen) atoms. The fraction of sp³-hybridized carbons (Fsp3) is 0.500. The van der Waals surface area contributed by atoms with Crippen LogP contribution < -0.4 is 10.6 Å². The number of rotatable bonds is 4. The van der Waals surface area contributed by atoms with Crippen molar-refractivity contribution in [1.29, 1.82) is 0 Å². The zero-order valence-electron chi connectivity index (χ0n) is 9.63. The second kappa shape index (κ2) is 5.38. The molecule has 1 rings (SSSR count). The molecule has 1 aromatic rings. The van der Waals surface area contributed by atoms with E-state index in [9.17, 15) is 0 Å². The predicted molar refractivity (Wildman–Crippen MR) is 67.6 cm³/mol. The third-order valence-electron chi connectivity index (χ3n) is 2.47. The second-order valence-corrected chi connectivity index (χ2v) is 4.33. The predicted octanol–water partition coefficient (Wildman–Crippen LogP) is 3.21. The van der Waals surface area contributed by atoms with Crippen LogP contribution in [0.2, 0.25) is 5.02 Å². The Bertz CT molecular complexity index is 323. The van der Waals surface area contributed by atoms with Gasteiger partial charge in [-0.3, -0.25) is 0 Å². The van der Waals surface area contributed by atoms with Crippen molar-refractivity contribution in [3.05, 3.63) is 28.8 Å². The highest BCUT2D eigenvalue weighted by atomic mass is 35.5. The van der Waals surface area contributed by atoms with E-state index >= 15 is 0 Å². The first-order valence-corrected chi connectivity index (χ1v) is 5.70. The Balaban J connectivity index is 2.92. The van der Waals surface area contributed by atoms with Crippen LogP contribution in [0.4, 0.5) is 5.69 Å². The summed E-state index contributed by atoms with van der Waals surface area (Å²) in [5.74, 6) is 0. The molecule has 0 saturated heterocycles. The fourth-order valence-electron chi connectivity index (χ4n) is 1.57. The molecule has 1 aromatic carbocycles. The number of hydrogen-bond acceptors (Lipinski definition) is 2. The molecule has 0 bridgehead atoms. The van der Waals surface area contributed by atoms with Crippen molar-refractivity contribution in [3.63, 3.8) is 0 Å². The molecule has 0 spiro atoms. The van der Waals surface area contributed by atoms with Crippen LogP contribution in [0, 0.1) is 0 Å². The maximum absolute atomic E-state index is 6.21. The topological polar surface area (TPSA) is 29.3 Å². The summed E-state index contributed by atoms with van der Waals surface area (Å²) in [6.45, 7) is 5.12. The normalized spacial score (nSPS) is 12.6. The van der Waals surface area contributed by atoms with E-state index in [1.165, 1.54) is 0 Å². The van der Waals surface area contributed by atoms with Gasteiger partial charge >= 0.3 is 0 Å². The Morgan fingerprint density at radius 2 is 2.13 bits per heavy atom. The van der Waals surface area contributed by atoms with E-state index in [1.54, 1.807) is 0 Å². The standard InChI is InChI=1S/C12H19ClN2/c1-4-7-15(3)12-6-5-10(9(2)14)8-11(12)13/h5-6,8-9H,4,7,14H2,1-3H3/t9-/m1/s1. The molecular weight excluding hydrogens is 208 g/mol. The number of halogens is 1. The lowest BCUT2D eigenvalue weighted by atomic mass is 10.1. The van der Waals surface area contributed by atoms with Crippen molar-refractivity contribution < 1.29 is 0 Å². The minimum atomic E-state index is 0.0352. The maximum Gasteiger partial charge on any atom is 0.0642 e. The molecule has 0 aliphatic carbocycles. The molecule has 0 saturated carbocycles. The Hall–Kier alpha value is -0.730. The zero-order valence-corrected chi connectivity index (χ0v) is 10.4. The van der Waals surface area contributed by atoms with Gasteiger partial charge in [-0.15, -0.1) is 0 Å². The van der Waals surface area contributed by atoms with Gasteiger partial charge in [-0.05, 0) is 31.0 Å². The van der Waals surface area contributed by atoms with Crippen LogP contribution in [0.5, 0.6) is 0 Å². The summed E-state index contributed by atoms with van der Waals surface area (Å²) in [5, 5.41) is 0.778. The highest BCUT2D eigenvalue weighted by Crippen LogP contribution is 2.27. The largest absolute Gasteiger partial charge is 0.373 e. The lowest BCUT2D eigenvalue weighted by molar-refractivity contribution is 0.815. The van der Waals surface area contributed by atoms with Crippen molar-refractivity contribution in [1.82, 2.24) is 0 Å². The average Bonchev–Trinajstić information content (AvgIpc) is 2.17. The molecule has 0 unspecified atom stereocenters. The van der Waals surface area contributed by atoms with Gasteiger partial charge in [-0.1, -0.05) is 24.6 Å². The minimum absolute atomic E-state index is 0.0352. The molecule has 0 aromatic heterocycles. The van der Waals surface area contributed by atoms with Gasteiger partial charge in [0.1, 0.15) is 0 Å². The number of benzene rings is 1. The van der Waals surface area contributed by atoms with Gasteiger partial charge in [0.25, 0.3) is 0 Å². The van der Waals surface area contributed by atoms with Crippen LogP contribution in [-0.2, 0) is 0 Å². The number of nitrogens with zero attached hydrogens (tertiary/aromatic N) is 1. The van der Waals surface area contributed by atoms with E-state index in [0.717, 1.165) is 29.2 Å². The van der Waals surface area contributed by atoms with Gasteiger partial charge in [0, 0.05) is 19.6 Å². The molecule has 0 amide bonds. The Morgan fingerprint density at radius 3 is 2.60 bits per heavy atom. The minimum Gasteiger partial charge on any atom is -0.373 e. The van der Waals surface area contributed by atoms with Crippen LogP contribution in [0.1, 0.15) is 31.9 Å². The monoisotopic (exact) mass is 226 g/mol. The summed E-state index contributed by atoms with van der Waals surface area (Å²) in [7, 11) is 2.05. The summed E-state index contributed by atoms with van der Waals surface area (Å²) in [6.07, 6.45) is 1.11. The third-order valence-corrected chi connectivity index (χ3v) is 2.77. The summed E-state index contributed by atoms with van der Waals surface area (Å²) in [5.41, 5.74) is 7.94. The molecule has 0 heterocycles. The van der Waals surface area contributed by atoms with Gasteiger partial charge < -0.3 is 10.6 Å². The summed E-state index contributed by atoms with van der Waals surface area (Å²) >= 11 is 6.21. The van der Waals surface area contributed by atoms with E-state index in [-0.39, 0.29) is 6.04 Å². The average molecular weight is 227 g/mol. The van der Waals surface area contributed by atoms with Crippen molar-refractivity contribution in [3.8, 4) is 0 Å². The Kier molecular flexibility index (Phi) is 4.43. The van der Waals surface area contributed by atoms with Crippen molar-refractivity contribution in [2.75, 3.05) is 18.5 Å². The van der Waals surface area contributed by atoms with Crippen LogP contribution in [-0.4, -0.2) is 13.6 Å². The molecule has 0 radical (unpaired) electrons. The highest BCUT2D eigenvalue weighted by molar-refractivity contribution is 6.33. The molecule has 0 aliphatic rings. The first-order chi connectivity index (χ1) is 7.06. The summed E-state index contributed by atoms with van der Waals surface area (Å²) in [4.78, 5) is 2.16. The Morgan fingerprint density at radius 1 is 1.47 bits per heavy atom. The van der Waals surface area contributed by atoms with Crippen LogP contribution in [0.3, 0.4) is 0 Å². The number of hydrogen-bond donors (Lipinski definition) is 1. The van der Waals surface area contributed by atoms with Crippen LogP contribution in [0.25, 0.3) is 0 Å². The molecular formula is C12H19ClN2. The summed E-state index contributed by atoms with van der Waals surface area (Å²) < 4.78 is 0. The van der Waals surface area contributed by atoms with E-state index in [4.69, 9.17) is 17.3 Å². The zero-order chi connectivity index (χ0) is 11.4. The van der Waals surface area contributed by atoms with Gasteiger partial charge in [0.2, 0.25) is 0 Å². The molecule has 0 fully saturated rings. The second-order valence-electron chi connectivity index (χ2n) is 3.92. The molecule has 3 heteroatoms. The van der Waals surface area contributed by atoms with Crippen molar-refractivity contribution in [2.45, 2.75) is 26.3 Å². The van der Waals surface area contributed by atoms with Crippen LogP contribution >= 0.6 is 11.6 Å². The lowest BCUT2D eigenvalue weighted by Gasteiger charge is -2.20. The molecule has 84 valence electrons. The highest BCUT2D eigenvalue weighted by Gasteiger charge is 2.07. The van der Waals surface area contributed by atoms with Gasteiger partial charge in [0.15, 0.2) is 0 Å². The van der Waals surface area contributed by atoms with Gasteiger partial charge in [0.05, 0.1) is 10.7 Å². The van der Waals surface area contributed by atoms with E-state index in [2.05, 4.69) is 18.9 Å². The maximum atomic E-state index is 6.21. The molecule has 0 aliphatic heterocycles. The smallest absolute Gasteiger partial charge is 0.0642 e.